The van der Waals surface area contributed by atoms with Crippen molar-refractivity contribution < 1.29 is 5.11 Å². The molecule has 0 bridgehead atoms. The van der Waals surface area contributed by atoms with Crippen LogP contribution in [0.15, 0.2) is 18.2 Å². The molecule has 1 heterocycles. The van der Waals surface area contributed by atoms with Gasteiger partial charge in [0.05, 0.1) is 12.6 Å². The normalized spacial score (nSPS) is 19.9. The van der Waals surface area contributed by atoms with Gasteiger partial charge in [-0.2, -0.15) is 0 Å². The Morgan fingerprint density at radius 2 is 1.92 bits per heavy atom. The third-order valence-electron chi connectivity index (χ3n) is 6.17. The van der Waals surface area contributed by atoms with Crippen LogP contribution in [0.25, 0.3) is 10.9 Å². The third-order valence-corrected chi connectivity index (χ3v) is 6.17. The molecule has 2 aromatic rings. The lowest BCUT2D eigenvalue weighted by atomic mass is 9.95. The summed E-state index contributed by atoms with van der Waals surface area (Å²) in [5.41, 5.74) is 5.66. The molecule has 0 saturated heterocycles. The Morgan fingerprint density at radius 3 is 2.76 bits per heavy atom. The largest absolute Gasteiger partial charge is 0.390 e. The van der Waals surface area contributed by atoms with Crippen molar-refractivity contribution in [1.29, 1.82) is 0 Å². The first-order valence-corrected chi connectivity index (χ1v) is 10.2. The van der Waals surface area contributed by atoms with Gasteiger partial charge in [-0.25, -0.2) is 0 Å². The predicted octanol–water partition coefficient (Wildman–Crippen LogP) is 4.11. The second kappa shape index (κ2) is 7.51. The Hall–Kier alpha value is -1.32. The summed E-state index contributed by atoms with van der Waals surface area (Å²) in [4.78, 5) is 0. The summed E-state index contributed by atoms with van der Waals surface area (Å²) in [6, 6.07) is 7.41. The maximum Gasteiger partial charge on any atom is 0.0843 e. The fourth-order valence-electron chi connectivity index (χ4n) is 4.84. The molecule has 4 rings (SSSR count). The molecule has 0 unspecified atom stereocenters. The van der Waals surface area contributed by atoms with Crippen LogP contribution in [0.5, 0.6) is 0 Å². The molecule has 3 heteroatoms. The van der Waals surface area contributed by atoms with Crippen molar-refractivity contribution in [3.63, 3.8) is 0 Å². The molecule has 2 aliphatic carbocycles. The van der Waals surface area contributed by atoms with Gasteiger partial charge in [0.15, 0.2) is 0 Å². The first kappa shape index (κ1) is 17.1. The third kappa shape index (κ3) is 3.63. The minimum atomic E-state index is -0.315. The molecule has 0 radical (unpaired) electrons. The Kier molecular flexibility index (Phi) is 5.14. The number of nitrogens with one attached hydrogen (secondary N) is 1. The van der Waals surface area contributed by atoms with Gasteiger partial charge < -0.3 is 15.0 Å². The van der Waals surface area contributed by atoms with E-state index in [0.29, 0.717) is 19.1 Å². The van der Waals surface area contributed by atoms with Crippen LogP contribution < -0.4 is 5.32 Å². The van der Waals surface area contributed by atoms with Gasteiger partial charge in [-0.05, 0) is 63.1 Å². The minimum Gasteiger partial charge on any atom is -0.390 e. The molecule has 0 spiro atoms. The van der Waals surface area contributed by atoms with Gasteiger partial charge in [-0.1, -0.05) is 30.9 Å². The average Bonchev–Trinajstić information content (AvgIpc) is 2.94. The van der Waals surface area contributed by atoms with Crippen LogP contribution in [-0.4, -0.2) is 28.4 Å². The molecule has 0 aliphatic heterocycles. The maximum absolute atomic E-state index is 10.7. The van der Waals surface area contributed by atoms with Gasteiger partial charge in [-0.3, -0.25) is 0 Å². The summed E-state index contributed by atoms with van der Waals surface area (Å²) < 4.78 is 2.41. The highest BCUT2D eigenvalue weighted by Crippen LogP contribution is 2.33. The van der Waals surface area contributed by atoms with Crippen molar-refractivity contribution >= 4 is 10.9 Å². The number of rotatable bonds is 5. The Balaban J connectivity index is 1.52. The van der Waals surface area contributed by atoms with Gasteiger partial charge in [0, 0.05) is 29.2 Å². The minimum absolute atomic E-state index is 0.315. The van der Waals surface area contributed by atoms with E-state index >= 15 is 0 Å². The van der Waals surface area contributed by atoms with Crippen molar-refractivity contribution in [1.82, 2.24) is 9.88 Å². The lowest BCUT2D eigenvalue weighted by molar-refractivity contribution is 0.144. The topological polar surface area (TPSA) is 37.2 Å². The smallest absolute Gasteiger partial charge is 0.0843 e. The summed E-state index contributed by atoms with van der Waals surface area (Å²) >= 11 is 0. The van der Waals surface area contributed by atoms with E-state index in [1.165, 1.54) is 79.1 Å². The Bertz CT molecular complexity index is 727. The van der Waals surface area contributed by atoms with Gasteiger partial charge in [0.25, 0.3) is 0 Å². The monoisotopic (exact) mass is 340 g/mol. The molecule has 25 heavy (non-hydrogen) atoms. The highest BCUT2D eigenvalue weighted by atomic mass is 16.3. The van der Waals surface area contributed by atoms with Crippen molar-refractivity contribution in [2.75, 3.05) is 6.54 Å². The zero-order valence-electron chi connectivity index (χ0n) is 15.6. The number of hydrogen-bond donors (Lipinski definition) is 2. The number of aliphatic hydroxyl groups excluding tert-OH is 1. The highest BCUT2D eigenvalue weighted by molar-refractivity contribution is 5.86. The SMILES string of the molecule is Cc1ccc2c(c1)c1c(n2C[C@@H](O)CNC2CCCCC2)CCCC1. The fourth-order valence-corrected chi connectivity index (χ4v) is 4.84. The van der Waals surface area contributed by atoms with E-state index in [-0.39, 0.29) is 6.10 Å². The number of nitrogens with zero attached hydrogens (tertiary/aromatic N) is 1. The molecule has 2 aliphatic rings. The second-order valence-electron chi connectivity index (χ2n) is 8.16. The van der Waals surface area contributed by atoms with Crippen molar-refractivity contribution in [3.8, 4) is 0 Å². The zero-order valence-corrected chi connectivity index (χ0v) is 15.6. The molecule has 1 atom stereocenters. The van der Waals surface area contributed by atoms with Crippen LogP contribution in [0, 0.1) is 6.92 Å². The molecule has 1 saturated carbocycles. The average molecular weight is 341 g/mol. The second-order valence-corrected chi connectivity index (χ2v) is 8.16. The first-order chi connectivity index (χ1) is 12.2. The van der Waals surface area contributed by atoms with Crippen LogP contribution >= 0.6 is 0 Å². The number of hydrogen-bond acceptors (Lipinski definition) is 2. The molecule has 3 nitrogen and oxygen atoms in total. The zero-order chi connectivity index (χ0) is 17.2. The van der Waals surface area contributed by atoms with Crippen LogP contribution in [-0.2, 0) is 19.4 Å². The molecule has 0 amide bonds. The summed E-state index contributed by atoms with van der Waals surface area (Å²) in [5.74, 6) is 0. The number of benzene rings is 1. The lowest BCUT2D eigenvalue weighted by Gasteiger charge is -2.25. The lowest BCUT2D eigenvalue weighted by Crippen LogP contribution is -2.38. The van der Waals surface area contributed by atoms with Crippen molar-refractivity contribution in [2.24, 2.45) is 0 Å². The van der Waals surface area contributed by atoms with Gasteiger partial charge in [-0.15, -0.1) is 0 Å². The summed E-state index contributed by atoms with van der Waals surface area (Å²) in [6.07, 6.45) is 11.2. The molecule has 1 aromatic carbocycles. The standard InChI is InChI=1S/C22H32N2O/c1-16-11-12-22-20(13-16)19-9-5-6-10-21(19)24(22)15-18(25)14-23-17-7-3-2-4-8-17/h11-13,17-18,23,25H,2-10,14-15H2,1H3/t18-/m0/s1. The first-order valence-electron chi connectivity index (χ1n) is 10.2. The molecule has 136 valence electrons. The van der Waals surface area contributed by atoms with Crippen LogP contribution in [0.4, 0.5) is 0 Å². The van der Waals surface area contributed by atoms with Gasteiger partial charge in [0.1, 0.15) is 0 Å². The van der Waals surface area contributed by atoms with Crippen LogP contribution in [0.1, 0.15) is 61.8 Å². The summed E-state index contributed by atoms with van der Waals surface area (Å²) in [6.45, 7) is 3.61. The predicted molar refractivity (Wildman–Crippen MR) is 104 cm³/mol. The van der Waals surface area contributed by atoms with E-state index < -0.39 is 0 Å². The molecule has 2 N–H and O–H groups in total. The fraction of sp³-hybridized carbons (Fsp3) is 0.636. The Labute approximate surface area is 151 Å². The van der Waals surface area contributed by atoms with E-state index in [9.17, 15) is 5.11 Å². The number of aryl methyl sites for hydroxylation is 2. The number of aliphatic hydroxyl groups is 1. The molecule has 1 aromatic heterocycles. The van der Waals surface area contributed by atoms with E-state index in [0.717, 1.165) is 6.42 Å². The molecule has 1 fully saturated rings. The summed E-state index contributed by atoms with van der Waals surface area (Å²) in [5, 5.41) is 15.7. The molecular weight excluding hydrogens is 308 g/mol. The van der Waals surface area contributed by atoms with Crippen molar-refractivity contribution in [2.45, 2.75) is 83.4 Å². The number of fused-ring (bicyclic) bond motifs is 3. The van der Waals surface area contributed by atoms with Crippen LogP contribution in [0.3, 0.4) is 0 Å². The van der Waals surface area contributed by atoms with Crippen LogP contribution in [0.2, 0.25) is 0 Å². The van der Waals surface area contributed by atoms with E-state index in [2.05, 4.69) is 35.0 Å². The van der Waals surface area contributed by atoms with Crippen molar-refractivity contribution in [3.05, 3.63) is 35.0 Å². The Morgan fingerprint density at radius 1 is 1.12 bits per heavy atom. The van der Waals surface area contributed by atoms with Gasteiger partial charge in [0.2, 0.25) is 0 Å². The quantitative estimate of drug-likeness (QED) is 0.859. The van der Waals surface area contributed by atoms with E-state index in [1.807, 2.05) is 0 Å². The summed E-state index contributed by atoms with van der Waals surface area (Å²) in [7, 11) is 0. The van der Waals surface area contributed by atoms with Gasteiger partial charge >= 0.3 is 0 Å². The molecular formula is C22H32N2O. The number of aromatic nitrogens is 1. The maximum atomic E-state index is 10.7. The van der Waals surface area contributed by atoms with E-state index in [4.69, 9.17) is 0 Å². The highest BCUT2D eigenvalue weighted by Gasteiger charge is 2.22. The van der Waals surface area contributed by atoms with E-state index in [1.54, 1.807) is 0 Å².